The summed E-state index contributed by atoms with van der Waals surface area (Å²) in [4.78, 5) is 22.8. The summed E-state index contributed by atoms with van der Waals surface area (Å²) < 4.78 is 39.9. The molecule has 0 aromatic carbocycles. The second-order valence-electron chi connectivity index (χ2n) is 7.92. The van der Waals surface area contributed by atoms with Gasteiger partial charge in [0.25, 0.3) is 0 Å². The van der Waals surface area contributed by atoms with Crippen molar-refractivity contribution in [1.82, 2.24) is 24.5 Å². The van der Waals surface area contributed by atoms with E-state index in [4.69, 9.17) is 0 Å². The SMILES string of the molecule is CCCc1cccc2ncnn12.O=C1CC[C@H]2CN(c3ccnc(C(F)(F)F)c3)CCN12. The maximum Gasteiger partial charge on any atom is 0.433 e. The van der Waals surface area contributed by atoms with E-state index in [1.165, 1.54) is 11.9 Å². The van der Waals surface area contributed by atoms with Crippen molar-refractivity contribution in [3.05, 3.63) is 54.2 Å². The Kier molecular flexibility index (Phi) is 6.29. The van der Waals surface area contributed by atoms with E-state index in [9.17, 15) is 18.0 Å². The van der Waals surface area contributed by atoms with Gasteiger partial charge in [-0.1, -0.05) is 19.4 Å². The van der Waals surface area contributed by atoms with Crippen molar-refractivity contribution in [2.45, 2.75) is 44.8 Å². The molecule has 32 heavy (non-hydrogen) atoms. The lowest BCUT2D eigenvalue weighted by atomic mass is 10.1. The van der Waals surface area contributed by atoms with Gasteiger partial charge in [0.2, 0.25) is 5.91 Å². The zero-order valence-electron chi connectivity index (χ0n) is 17.8. The van der Waals surface area contributed by atoms with Crippen LogP contribution < -0.4 is 4.90 Å². The minimum atomic E-state index is -4.43. The first-order chi connectivity index (χ1) is 15.4. The summed E-state index contributed by atoms with van der Waals surface area (Å²) in [5.74, 6) is 0.153. The van der Waals surface area contributed by atoms with E-state index < -0.39 is 11.9 Å². The molecule has 0 unspecified atom stereocenters. The van der Waals surface area contributed by atoms with Crippen molar-refractivity contribution in [2.24, 2.45) is 0 Å². The molecule has 5 heterocycles. The number of aromatic nitrogens is 4. The molecule has 3 aromatic heterocycles. The van der Waals surface area contributed by atoms with E-state index in [0.717, 1.165) is 31.0 Å². The monoisotopic (exact) mass is 446 g/mol. The minimum Gasteiger partial charge on any atom is -0.368 e. The van der Waals surface area contributed by atoms with E-state index in [0.29, 0.717) is 31.7 Å². The highest BCUT2D eigenvalue weighted by Gasteiger charge is 2.37. The maximum absolute atomic E-state index is 12.7. The van der Waals surface area contributed by atoms with E-state index in [1.54, 1.807) is 12.4 Å². The molecule has 3 aromatic rings. The Morgan fingerprint density at radius 3 is 2.78 bits per heavy atom. The predicted octanol–water partition coefficient (Wildman–Crippen LogP) is 3.59. The molecule has 1 atom stereocenters. The highest BCUT2D eigenvalue weighted by molar-refractivity contribution is 5.79. The van der Waals surface area contributed by atoms with Crippen LogP contribution in [-0.4, -0.2) is 56.1 Å². The number of hydrogen-bond donors (Lipinski definition) is 0. The van der Waals surface area contributed by atoms with E-state index in [2.05, 4.69) is 28.1 Å². The van der Waals surface area contributed by atoms with Crippen molar-refractivity contribution in [3.63, 3.8) is 0 Å². The standard InChI is InChI=1S/C13H14F3N3O.C9H11N3/c14-13(15,16)11-7-9(3-4-17-11)18-5-6-19-10(8-18)1-2-12(19)20;1-2-4-8-5-3-6-9-10-7-11-12(8)9/h3-4,7,10H,1-2,5-6,8H2;3,5-7H,2,4H2,1H3/t10-;/m0./s1. The van der Waals surface area contributed by atoms with Gasteiger partial charge in [0.15, 0.2) is 5.65 Å². The normalized spacial score (nSPS) is 18.5. The smallest absolute Gasteiger partial charge is 0.368 e. The van der Waals surface area contributed by atoms with Crippen LogP contribution in [0.25, 0.3) is 5.65 Å². The zero-order valence-corrected chi connectivity index (χ0v) is 17.8. The number of anilines is 1. The molecule has 0 bridgehead atoms. The Morgan fingerprint density at radius 2 is 2.00 bits per heavy atom. The van der Waals surface area contributed by atoms with Gasteiger partial charge < -0.3 is 9.80 Å². The van der Waals surface area contributed by atoms with Crippen LogP contribution in [0, 0.1) is 0 Å². The van der Waals surface area contributed by atoms with E-state index in [-0.39, 0.29) is 11.9 Å². The third-order valence-electron chi connectivity index (χ3n) is 5.78. The van der Waals surface area contributed by atoms with Gasteiger partial charge in [-0.25, -0.2) is 9.50 Å². The molecule has 2 aliphatic rings. The molecular weight excluding hydrogens is 421 g/mol. The summed E-state index contributed by atoms with van der Waals surface area (Å²) in [5.41, 5.74) is 1.81. The molecule has 7 nitrogen and oxygen atoms in total. The van der Waals surface area contributed by atoms with Gasteiger partial charge in [-0.15, -0.1) is 0 Å². The third kappa shape index (κ3) is 4.68. The fraction of sp³-hybridized carbons (Fsp3) is 0.455. The van der Waals surface area contributed by atoms with Crippen molar-refractivity contribution in [3.8, 4) is 0 Å². The highest BCUT2D eigenvalue weighted by Crippen LogP contribution is 2.31. The first-order valence-corrected chi connectivity index (χ1v) is 10.7. The van der Waals surface area contributed by atoms with Crippen molar-refractivity contribution in [2.75, 3.05) is 24.5 Å². The Morgan fingerprint density at radius 1 is 1.16 bits per heavy atom. The van der Waals surface area contributed by atoms with Crippen LogP contribution in [-0.2, 0) is 17.4 Å². The number of alkyl halides is 3. The summed E-state index contributed by atoms with van der Waals surface area (Å²) in [6, 6.07) is 8.86. The Labute approximate surface area is 183 Å². The van der Waals surface area contributed by atoms with Gasteiger partial charge in [-0.3, -0.25) is 9.78 Å². The summed E-state index contributed by atoms with van der Waals surface area (Å²) >= 11 is 0. The number of aryl methyl sites for hydroxylation is 1. The quantitative estimate of drug-likeness (QED) is 0.615. The Bertz CT molecular complexity index is 1080. The van der Waals surface area contributed by atoms with Crippen LogP contribution in [0.3, 0.4) is 0 Å². The molecule has 10 heteroatoms. The Balaban J connectivity index is 0.000000174. The highest BCUT2D eigenvalue weighted by atomic mass is 19.4. The fourth-order valence-electron chi connectivity index (χ4n) is 4.22. The number of carbonyl (C=O) groups is 1. The van der Waals surface area contributed by atoms with Crippen LogP contribution in [0.15, 0.2) is 42.9 Å². The van der Waals surface area contributed by atoms with E-state index in [1.807, 2.05) is 26.4 Å². The number of halogens is 3. The van der Waals surface area contributed by atoms with Crippen molar-refractivity contribution >= 4 is 17.2 Å². The topological polar surface area (TPSA) is 66.6 Å². The summed E-state index contributed by atoms with van der Waals surface area (Å²) in [6.07, 6.45) is 1.87. The van der Waals surface area contributed by atoms with Gasteiger partial charge in [0.1, 0.15) is 12.0 Å². The molecule has 0 N–H and O–H groups in total. The van der Waals surface area contributed by atoms with Crippen LogP contribution in [0.1, 0.15) is 37.6 Å². The third-order valence-corrected chi connectivity index (χ3v) is 5.78. The molecule has 0 radical (unpaired) electrons. The molecular formula is C22H25F3N6O. The lowest BCUT2D eigenvalue weighted by molar-refractivity contribution is -0.141. The van der Waals surface area contributed by atoms with Crippen molar-refractivity contribution < 1.29 is 18.0 Å². The molecule has 2 saturated heterocycles. The van der Waals surface area contributed by atoms with Crippen LogP contribution >= 0.6 is 0 Å². The number of rotatable bonds is 3. The number of pyridine rings is 2. The summed E-state index contributed by atoms with van der Waals surface area (Å²) in [5, 5.41) is 4.14. The van der Waals surface area contributed by atoms with Gasteiger partial charge in [0.05, 0.1) is 0 Å². The van der Waals surface area contributed by atoms with Crippen LogP contribution in [0.2, 0.25) is 0 Å². The minimum absolute atomic E-state index is 0.124. The lowest BCUT2D eigenvalue weighted by Gasteiger charge is -2.38. The van der Waals surface area contributed by atoms with Crippen LogP contribution in [0.4, 0.5) is 18.9 Å². The first-order valence-electron chi connectivity index (χ1n) is 10.7. The maximum atomic E-state index is 12.7. The second-order valence-corrected chi connectivity index (χ2v) is 7.92. The number of fused-ring (bicyclic) bond motifs is 2. The van der Waals surface area contributed by atoms with Crippen molar-refractivity contribution in [1.29, 1.82) is 0 Å². The van der Waals surface area contributed by atoms with Gasteiger partial charge in [0, 0.05) is 49.7 Å². The second kappa shape index (κ2) is 9.13. The molecule has 170 valence electrons. The summed E-state index contributed by atoms with van der Waals surface area (Å²) in [6.45, 7) is 3.89. The number of hydrogen-bond acceptors (Lipinski definition) is 5. The molecule has 0 aliphatic carbocycles. The van der Waals surface area contributed by atoms with E-state index >= 15 is 0 Å². The van der Waals surface area contributed by atoms with Gasteiger partial charge in [-0.2, -0.15) is 18.3 Å². The number of carbonyl (C=O) groups excluding carboxylic acids is 1. The largest absolute Gasteiger partial charge is 0.433 e. The molecule has 0 spiro atoms. The Hall–Kier alpha value is -3.17. The molecule has 1 amide bonds. The lowest BCUT2D eigenvalue weighted by Crippen LogP contribution is -2.51. The average Bonchev–Trinajstić information content (AvgIpc) is 3.41. The van der Waals surface area contributed by atoms with Gasteiger partial charge in [-0.05, 0) is 37.1 Å². The average molecular weight is 446 g/mol. The zero-order chi connectivity index (χ0) is 22.7. The number of amides is 1. The number of nitrogens with zero attached hydrogens (tertiary/aromatic N) is 6. The fourth-order valence-corrected chi connectivity index (χ4v) is 4.22. The van der Waals surface area contributed by atoms with Gasteiger partial charge >= 0.3 is 6.18 Å². The molecule has 0 saturated carbocycles. The summed E-state index contributed by atoms with van der Waals surface area (Å²) in [7, 11) is 0. The number of piperazine rings is 1. The molecule has 2 aliphatic heterocycles. The molecule has 2 fully saturated rings. The van der Waals surface area contributed by atoms with Crippen LogP contribution in [0.5, 0.6) is 0 Å². The first kappa shape index (κ1) is 22.0. The molecule has 5 rings (SSSR count). The predicted molar refractivity (Wildman–Crippen MR) is 113 cm³/mol.